The molecule has 0 saturated heterocycles. The number of benzene rings is 2. The van der Waals surface area contributed by atoms with E-state index in [-0.39, 0.29) is 11.8 Å². The molecular formula is C17H20. The van der Waals surface area contributed by atoms with Crippen molar-refractivity contribution in [1.29, 1.82) is 0 Å². The van der Waals surface area contributed by atoms with Crippen LogP contribution in [0.1, 0.15) is 38.8 Å². The summed E-state index contributed by atoms with van der Waals surface area (Å²) in [7, 11) is 0. The molecule has 1 atom stereocenters. The summed E-state index contributed by atoms with van der Waals surface area (Å²) in [5.41, 5.74) is 3.57. The lowest BCUT2D eigenvalue weighted by molar-refractivity contribution is 0.590. The number of hydrogen-bond donors (Lipinski definition) is 0. The Bertz CT molecular complexity index is 491. The highest BCUT2D eigenvalue weighted by atomic mass is 14.2. The van der Waals surface area contributed by atoms with E-state index in [1.165, 1.54) is 5.56 Å². The summed E-state index contributed by atoms with van der Waals surface area (Å²) in [5, 5.41) is 0. The van der Waals surface area contributed by atoms with Gasteiger partial charge in [-0.2, -0.15) is 0 Å². The molecule has 0 heterocycles. The zero-order valence-electron chi connectivity index (χ0n) is 11.8. The van der Waals surface area contributed by atoms with Crippen molar-refractivity contribution in [3.63, 3.8) is 0 Å². The fraction of sp³-hybridized carbons (Fsp3) is 0.294. The smallest absolute Gasteiger partial charge is 0.0366 e. The van der Waals surface area contributed by atoms with Crippen LogP contribution in [-0.2, 0) is 11.8 Å². The minimum Gasteiger partial charge on any atom is -0.0622 e. The molecule has 0 fully saturated rings. The van der Waals surface area contributed by atoms with Crippen LogP contribution in [0.15, 0.2) is 54.6 Å². The average molecular weight is 225 g/mol. The Morgan fingerprint density at radius 1 is 0.824 bits per heavy atom. The predicted molar refractivity (Wildman–Crippen MR) is 74.4 cm³/mol. The van der Waals surface area contributed by atoms with Crippen LogP contribution in [-0.4, -0.2) is 0 Å². The van der Waals surface area contributed by atoms with Gasteiger partial charge in [-0.05, 0) is 28.5 Å². The van der Waals surface area contributed by atoms with E-state index in [2.05, 4.69) is 45.0 Å². The highest BCUT2D eigenvalue weighted by molar-refractivity contribution is 5.31. The van der Waals surface area contributed by atoms with Crippen molar-refractivity contribution in [1.82, 2.24) is 0 Å². The highest BCUT2D eigenvalue weighted by Gasteiger charge is 2.12. The van der Waals surface area contributed by atoms with Crippen LogP contribution >= 0.6 is 0 Å². The van der Waals surface area contributed by atoms with Crippen LogP contribution in [0, 0.1) is 0 Å². The van der Waals surface area contributed by atoms with E-state index in [0.29, 0.717) is 0 Å². The molecule has 0 N–H and O–H groups in total. The fourth-order valence-corrected chi connectivity index (χ4v) is 1.82. The lowest BCUT2D eigenvalue weighted by atomic mass is 9.86. The normalized spacial score (nSPS) is 14.2. The third-order valence-corrected chi connectivity index (χ3v) is 2.91. The molecule has 2 rings (SSSR count). The molecule has 17 heavy (non-hydrogen) atoms. The first-order valence-electron chi connectivity index (χ1n) is 6.64. The molecule has 0 heteroatoms. The van der Waals surface area contributed by atoms with Gasteiger partial charge in [0.1, 0.15) is 0 Å². The highest BCUT2D eigenvalue weighted by Crippen LogP contribution is 2.22. The molecule has 0 radical (unpaired) electrons. The van der Waals surface area contributed by atoms with Gasteiger partial charge < -0.3 is 0 Å². The Hall–Kier alpha value is -1.56. The standard InChI is InChI=1S/C17H20/c1-17(2,3)16-11-9-15(10-12-16)13-14-7-5-4-6-8-14/h4-12H,13H2,1-3H3/i13D. The summed E-state index contributed by atoms with van der Waals surface area (Å²) >= 11 is 0. The number of rotatable bonds is 2. The Balaban J connectivity index is 2.25. The summed E-state index contributed by atoms with van der Waals surface area (Å²) in [6.07, 6.45) is -0.291. The number of hydrogen-bond acceptors (Lipinski definition) is 0. The van der Waals surface area contributed by atoms with E-state index < -0.39 is 0 Å². The molecule has 2 aromatic rings. The SMILES string of the molecule is [2H]C(c1ccccc1)c1ccc(C(C)(C)C)cc1. The first-order valence-corrected chi connectivity index (χ1v) is 6.06. The molecule has 0 aliphatic heterocycles. The summed E-state index contributed by atoms with van der Waals surface area (Å²) in [6.45, 7) is 6.62. The first kappa shape index (κ1) is 10.6. The molecule has 0 nitrogen and oxygen atoms in total. The molecule has 2 aromatic carbocycles. The monoisotopic (exact) mass is 225 g/mol. The van der Waals surface area contributed by atoms with Gasteiger partial charge in [0.05, 0.1) is 0 Å². The Labute approximate surface area is 106 Å². The van der Waals surface area contributed by atoms with Crippen LogP contribution < -0.4 is 0 Å². The summed E-state index contributed by atoms with van der Waals surface area (Å²) in [4.78, 5) is 0. The van der Waals surface area contributed by atoms with Crippen LogP contribution in [0.4, 0.5) is 0 Å². The van der Waals surface area contributed by atoms with E-state index >= 15 is 0 Å². The maximum atomic E-state index is 8.28. The summed E-state index contributed by atoms with van der Waals surface area (Å²) < 4.78 is 8.28. The largest absolute Gasteiger partial charge is 0.0622 e. The van der Waals surface area contributed by atoms with E-state index in [9.17, 15) is 0 Å². The van der Waals surface area contributed by atoms with Crippen molar-refractivity contribution in [2.45, 2.75) is 32.6 Å². The second-order valence-electron chi connectivity index (χ2n) is 5.43. The van der Waals surface area contributed by atoms with Gasteiger partial charge >= 0.3 is 0 Å². The second kappa shape index (κ2) is 4.75. The maximum Gasteiger partial charge on any atom is 0.0366 e. The third kappa shape index (κ3) is 3.20. The molecule has 0 bridgehead atoms. The van der Waals surface area contributed by atoms with Gasteiger partial charge in [0.2, 0.25) is 0 Å². The Morgan fingerprint density at radius 2 is 1.35 bits per heavy atom. The lowest BCUT2D eigenvalue weighted by Gasteiger charge is -2.19. The molecule has 0 saturated carbocycles. The molecule has 0 aromatic heterocycles. The van der Waals surface area contributed by atoms with Gasteiger partial charge in [-0.1, -0.05) is 75.4 Å². The van der Waals surface area contributed by atoms with E-state index in [4.69, 9.17) is 1.37 Å². The summed E-state index contributed by atoms with van der Waals surface area (Å²) in [6, 6.07) is 18.4. The van der Waals surface area contributed by atoms with Gasteiger partial charge in [0.15, 0.2) is 0 Å². The zero-order chi connectivity index (χ0) is 13.2. The zero-order valence-corrected chi connectivity index (χ0v) is 10.8. The molecule has 0 spiro atoms. The van der Waals surface area contributed by atoms with Gasteiger partial charge in [-0.3, -0.25) is 0 Å². The second-order valence-corrected chi connectivity index (χ2v) is 5.43. The van der Waals surface area contributed by atoms with Crippen molar-refractivity contribution in [3.8, 4) is 0 Å². The van der Waals surface area contributed by atoms with E-state index in [0.717, 1.165) is 11.1 Å². The third-order valence-electron chi connectivity index (χ3n) is 2.91. The molecule has 0 aliphatic rings. The van der Waals surface area contributed by atoms with Crippen molar-refractivity contribution < 1.29 is 1.37 Å². The fourth-order valence-electron chi connectivity index (χ4n) is 1.82. The molecule has 88 valence electrons. The quantitative estimate of drug-likeness (QED) is 0.702. The lowest BCUT2D eigenvalue weighted by Crippen LogP contribution is -2.10. The molecule has 1 unspecified atom stereocenters. The molecular weight excluding hydrogens is 204 g/mol. The average Bonchev–Trinajstić information content (AvgIpc) is 2.38. The Morgan fingerprint density at radius 3 is 1.88 bits per heavy atom. The van der Waals surface area contributed by atoms with Crippen molar-refractivity contribution in [3.05, 3.63) is 71.3 Å². The van der Waals surface area contributed by atoms with Crippen LogP contribution in [0.5, 0.6) is 0 Å². The van der Waals surface area contributed by atoms with Gasteiger partial charge in [0.25, 0.3) is 0 Å². The van der Waals surface area contributed by atoms with Gasteiger partial charge in [-0.15, -0.1) is 0 Å². The Kier molecular flexibility index (Phi) is 2.96. The van der Waals surface area contributed by atoms with Crippen LogP contribution in [0.25, 0.3) is 0 Å². The minimum atomic E-state index is -0.291. The van der Waals surface area contributed by atoms with Crippen molar-refractivity contribution in [2.75, 3.05) is 0 Å². The van der Waals surface area contributed by atoms with Crippen LogP contribution in [0.2, 0.25) is 0 Å². The van der Waals surface area contributed by atoms with Gasteiger partial charge in [0, 0.05) is 1.37 Å². The van der Waals surface area contributed by atoms with Crippen LogP contribution in [0.3, 0.4) is 0 Å². The van der Waals surface area contributed by atoms with E-state index in [1.807, 2.05) is 30.3 Å². The maximum absolute atomic E-state index is 8.28. The van der Waals surface area contributed by atoms with E-state index in [1.54, 1.807) is 0 Å². The molecule has 0 amide bonds. The van der Waals surface area contributed by atoms with Crippen molar-refractivity contribution in [2.24, 2.45) is 0 Å². The molecule has 0 aliphatic carbocycles. The van der Waals surface area contributed by atoms with Crippen molar-refractivity contribution >= 4 is 0 Å². The summed E-state index contributed by atoms with van der Waals surface area (Å²) in [5.74, 6) is 0. The topological polar surface area (TPSA) is 0 Å². The minimum absolute atomic E-state index is 0.169. The predicted octanol–water partition coefficient (Wildman–Crippen LogP) is 4.57. The van der Waals surface area contributed by atoms with Gasteiger partial charge in [-0.25, -0.2) is 0 Å². The first-order chi connectivity index (χ1) is 8.48.